The van der Waals surface area contributed by atoms with Gasteiger partial charge in [-0.2, -0.15) is 13.2 Å². The van der Waals surface area contributed by atoms with Gasteiger partial charge in [-0.1, -0.05) is 18.2 Å². The van der Waals surface area contributed by atoms with Crippen molar-refractivity contribution < 1.29 is 27.3 Å². The molecule has 0 bridgehead atoms. The van der Waals surface area contributed by atoms with Crippen molar-refractivity contribution in [3.05, 3.63) is 29.3 Å². The highest BCUT2D eigenvalue weighted by atomic mass is 19.4. The molecule has 8 heteroatoms. The van der Waals surface area contributed by atoms with Gasteiger partial charge < -0.3 is 14.2 Å². The summed E-state index contributed by atoms with van der Waals surface area (Å²) in [6.45, 7) is 8.46. The lowest BCUT2D eigenvalue weighted by Crippen LogP contribution is -2.41. The highest BCUT2D eigenvalue weighted by molar-refractivity contribution is 6.62. The quantitative estimate of drug-likeness (QED) is 0.658. The van der Waals surface area contributed by atoms with E-state index in [1.807, 2.05) is 58.8 Å². The number of alkyl halides is 3. The summed E-state index contributed by atoms with van der Waals surface area (Å²) in [6, 6.07) is 5.62. The maximum absolute atomic E-state index is 12.4. The number of rotatable bonds is 7. The lowest BCUT2D eigenvalue weighted by molar-refractivity contribution is -0.143. The fourth-order valence-corrected chi connectivity index (χ4v) is 3.06. The van der Waals surface area contributed by atoms with Gasteiger partial charge in [-0.3, -0.25) is 4.79 Å². The molecule has 1 saturated heterocycles. The Labute approximate surface area is 165 Å². The van der Waals surface area contributed by atoms with E-state index in [4.69, 9.17) is 9.31 Å². The van der Waals surface area contributed by atoms with Crippen LogP contribution in [0.15, 0.2) is 18.2 Å². The predicted molar refractivity (Wildman–Crippen MR) is 104 cm³/mol. The molecule has 0 aliphatic carbocycles. The van der Waals surface area contributed by atoms with Gasteiger partial charge in [0.05, 0.1) is 17.6 Å². The van der Waals surface area contributed by atoms with Crippen LogP contribution in [-0.4, -0.2) is 49.3 Å². The highest BCUT2D eigenvalue weighted by Gasteiger charge is 2.51. The topological polar surface area (TPSA) is 38.8 Å². The van der Waals surface area contributed by atoms with Crippen molar-refractivity contribution in [3.63, 3.8) is 0 Å². The lowest BCUT2D eigenvalue weighted by Gasteiger charge is -2.32. The summed E-state index contributed by atoms with van der Waals surface area (Å²) in [5.41, 5.74) is 1.40. The van der Waals surface area contributed by atoms with Crippen molar-refractivity contribution in [1.29, 1.82) is 0 Å². The number of Topliss-reactive ketones (excluding diaryl/α,β-unsaturated/α-hetero) is 1. The van der Waals surface area contributed by atoms with Crippen LogP contribution in [-0.2, 0) is 27.1 Å². The third-order valence-corrected chi connectivity index (χ3v) is 5.19. The number of ketones is 1. The van der Waals surface area contributed by atoms with Gasteiger partial charge in [0.2, 0.25) is 0 Å². The number of halogens is 3. The lowest BCUT2D eigenvalue weighted by atomic mass is 9.77. The third kappa shape index (κ3) is 6.06. The van der Waals surface area contributed by atoms with Crippen LogP contribution in [0.25, 0.3) is 0 Å². The number of benzene rings is 1. The molecule has 28 heavy (non-hydrogen) atoms. The maximum atomic E-state index is 12.4. The van der Waals surface area contributed by atoms with E-state index in [0.29, 0.717) is 12.1 Å². The van der Waals surface area contributed by atoms with E-state index in [2.05, 4.69) is 0 Å². The molecule has 0 N–H and O–H groups in total. The minimum absolute atomic E-state index is 0.0378. The first-order valence-electron chi connectivity index (χ1n) is 9.40. The van der Waals surface area contributed by atoms with E-state index in [1.54, 1.807) is 6.07 Å². The Balaban J connectivity index is 2.24. The highest BCUT2D eigenvalue weighted by Crippen LogP contribution is 2.36. The Hall–Kier alpha value is -1.38. The molecule has 1 aliphatic heterocycles. The first-order chi connectivity index (χ1) is 12.7. The van der Waals surface area contributed by atoms with E-state index in [9.17, 15) is 18.0 Å². The van der Waals surface area contributed by atoms with Crippen LogP contribution < -0.4 is 5.46 Å². The third-order valence-electron chi connectivity index (χ3n) is 5.19. The fraction of sp³-hybridized carbons (Fsp3) is 0.650. The normalized spacial score (nSPS) is 18.7. The van der Waals surface area contributed by atoms with Crippen molar-refractivity contribution in [2.45, 2.75) is 70.9 Å². The molecular weight excluding hydrogens is 370 g/mol. The summed E-state index contributed by atoms with van der Waals surface area (Å²) >= 11 is 0. The minimum atomic E-state index is -4.32. The second kappa shape index (κ2) is 8.16. The molecule has 4 nitrogen and oxygen atoms in total. The summed E-state index contributed by atoms with van der Waals surface area (Å²) in [6.07, 6.45) is -5.96. The average Bonchev–Trinajstić information content (AvgIpc) is 2.72. The largest absolute Gasteiger partial charge is 0.494 e. The van der Waals surface area contributed by atoms with E-state index < -0.39 is 43.1 Å². The zero-order valence-electron chi connectivity index (χ0n) is 17.4. The van der Waals surface area contributed by atoms with Crippen molar-refractivity contribution in [2.75, 3.05) is 14.1 Å². The number of carbonyl (C=O) groups excluding carboxylic acids is 1. The molecule has 0 saturated carbocycles. The fourth-order valence-electron chi connectivity index (χ4n) is 3.06. The molecule has 0 unspecified atom stereocenters. The smallest absolute Gasteiger partial charge is 0.399 e. The zero-order chi connectivity index (χ0) is 21.3. The summed E-state index contributed by atoms with van der Waals surface area (Å²) in [5.74, 6) is -0.431. The predicted octanol–water partition coefficient (Wildman–Crippen LogP) is 3.50. The number of hydrogen-bond donors (Lipinski definition) is 0. The van der Waals surface area contributed by atoms with Crippen LogP contribution in [0.4, 0.5) is 13.2 Å². The summed E-state index contributed by atoms with van der Waals surface area (Å²) < 4.78 is 49.3. The van der Waals surface area contributed by atoms with Gasteiger partial charge in [0.25, 0.3) is 0 Å². The summed E-state index contributed by atoms with van der Waals surface area (Å²) in [5, 5.41) is 0. The standard InChI is InChI=1S/C20H29BF3NO3/c1-18(2)19(3,4)28-21(27-18)16-10-14(9-15(11-16)13-25(5)6)12-17(26)7-8-20(22,23)24/h9-11H,7-8,12-13H2,1-6H3. The molecule has 1 aromatic carbocycles. The van der Waals surface area contributed by atoms with E-state index in [1.165, 1.54) is 0 Å². The second-order valence-corrected chi connectivity index (χ2v) is 8.74. The van der Waals surface area contributed by atoms with E-state index >= 15 is 0 Å². The molecule has 0 radical (unpaired) electrons. The van der Waals surface area contributed by atoms with Crippen LogP contribution in [0.3, 0.4) is 0 Å². The summed E-state index contributed by atoms with van der Waals surface area (Å²) in [4.78, 5) is 14.0. The minimum Gasteiger partial charge on any atom is -0.399 e. The number of carbonyl (C=O) groups is 1. The zero-order valence-corrected chi connectivity index (χ0v) is 17.4. The SMILES string of the molecule is CN(C)Cc1cc(CC(=O)CCC(F)(F)F)cc(B2OC(C)(C)C(C)(C)O2)c1. The van der Waals surface area contributed by atoms with Crippen LogP contribution >= 0.6 is 0 Å². The Morgan fingerprint density at radius 1 is 1.04 bits per heavy atom. The maximum Gasteiger partial charge on any atom is 0.494 e. The van der Waals surface area contributed by atoms with Crippen LogP contribution in [0, 0.1) is 0 Å². The van der Waals surface area contributed by atoms with Crippen LogP contribution in [0.1, 0.15) is 51.7 Å². The monoisotopic (exact) mass is 399 g/mol. The average molecular weight is 399 g/mol. The molecule has 0 atom stereocenters. The van der Waals surface area contributed by atoms with E-state index in [-0.39, 0.29) is 6.42 Å². The van der Waals surface area contributed by atoms with Gasteiger partial charge in [0.15, 0.2) is 0 Å². The van der Waals surface area contributed by atoms with Gasteiger partial charge >= 0.3 is 13.3 Å². The number of hydrogen-bond acceptors (Lipinski definition) is 4. The molecule has 1 aromatic rings. The first kappa shape index (κ1) is 22.9. The second-order valence-electron chi connectivity index (χ2n) is 8.74. The van der Waals surface area contributed by atoms with E-state index in [0.717, 1.165) is 11.0 Å². The molecule has 2 rings (SSSR count). The van der Waals surface area contributed by atoms with Gasteiger partial charge in [-0.25, -0.2) is 0 Å². The Bertz CT molecular complexity index is 701. The van der Waals surface area contributed by atoms with Crippen LogP contribution in [0.5, 0.6) is 0 Å². The summed E-state index contributed by atoms with van der Waals surface area (Å²) in [7, 11) is 3.27. The van der Waals surface area contributed by atoms with Gasteiger partial charge in [-0.15, -0.1) is 0 Å². The molecule has 1 aliphatic rings. The van der Waals surface area contributed by atoms with Crippen molar-refractivity contribution >= 4 is 18.4 Å². The van der Waals surface area contributed by atoms with Crippen molar-refractivity contribution in [3.8, 4) is 0 Å². The first-order valence-corrected chi connectivity index (χ1v) is 9.40. The van der Waals surface area contributed by atoms with Crippen molar-refractivity contribution in [2.24, 2.45) is 0 Å². The van der Waals surface area contributed by atoms with Gasteiger partial charge in [0, 0.05) is 19.4 Å². The molecule has 0 aromatic heterocycles. The Morgan fingerprint density at radius 2 is 1.57 bits per heavy atom. The molecule has 156 valence electrons. The molecule has 1 heterocycles. The number of nitrogens with zero attached hydrogens (tertiary/aromatic N) is 1. The van der Waals surface area contributed by atoms with Gasteiger partial charge in [0.1, 0.15) is 5.78 Å². The van der Waals surface area contributed by atoms with Crippen LogP contribution in [0.2, 0.25) is 0 Å². The molecule has 1 fully saturated rings. The molecular formula is C20H29BF3NO3. The van der Waals surface area contributed by atoms with Crippen molar-refractivity contribution in [1.82, 2.24) is 4.90 Å². The van der Waals surface area contributed by atoms with Gasteiger partial charge in [-0.05, 0) is 58.4 Å². The molecule has 0 amide bonds. The molecule has 0 spiro atoms. The Kier molecular flexibility index (Phi) is 6.68. The Morgan fingerprint density at radius 3 is 2.07 bits per heavy atom.